The number of nitrogens with zero attached hydrogens (tertiary/aromatic N) is 3. The Bertz CT molecular complexity index is 668. The lowest BCUT2D eigenvalue weighted by molar-refractivity contribution is 0.279. The molecule has 0 aliphatic carbocycles. The number of hydrogen-bond donors (Lipinski definition) is 3. The predicted octanol–water partition coefficient (Wildman–Crippen LogP) is 1.47. The van der Waals surface area contributed by atoms with Crippen LogP contribution in [0.15, 0.2) is 34.4 Å². The maximum absolute atomic E-state index is 8.78. The summed E-state index contributed by atoms with van der Waals surface area (Å²) in [5.74, 6) is 0.200. The topological polar surface area (TPSA) is 120 Å². The van der Waals surface area contributed by atoms with Gasteiger partial charge >= 0.3 is 0 Å². The lowest BCUT2D eigenvalue weighted by Crippen LogP contribution is -2.21. The molecule has 0 radical (unpaired) electrons. The van der Waals surface area contributed by atoms with Crippen LogP contribution in [-0.2, 0) is 4.74 Å². The van der Waals surface area contributed by atoms with Gasteiger partial charge in [-0.3, -0.25) is 10.8 Å². The van der Waals surface area contributed by atoms with E-state index in [1.807, 2.05) is 26.0 Å². The highest BCUT2D eigenvalue weighted by Gasteiger charge is 2.26. The first kappa shape index (κ1) is 14.5. The molecule has 1 heterocycles. The lowest BCUT2D eigenvalue weighted by atomic mass is 10.1. The Morgan fingerprint density at radius 1 is 1.57 bits per heavy atom. The fourth-order valence-electron chi connectivity index (χ4n) is 1.72. The number of nitrogens with two attached hydrogens (primary N) is 1. The number of benzene rings is 1. The molecule has 0 aromatic heterocycles. The zero-order chi connectivity index (χ0) is 15.5. The molecule has 108 valence electrons. The molecule has 1 aromatic rings. The molecule has 0 amide bonds. The quantitative estimate of drug-likeness (QED) is 0.440. The van der Waals surface area contributed by atoms with Crippen LogP contribution in [0.25, 0.3) is 0 Å². The van der Waals surface area contributed by atoms with Gasteiger partial charge in [-0.25, -0.2) is 4.99 Å². The van der Waals surface area contributed by atoms with Crippen LogP contribution in [0, 0.1) is 16.7 Å². The largest absolute Gasteiger partial charge is 0.475 e. The van der Waals surface area contributed by atoms with Crippen molar-refractivity contribution in [3.8, 4) is 6.07 Å². The summed E-state index contributed by atoms with van der Waals surface area (Å²) in [6, 6.07) is 9.03. The van der Waals surface area contributed by atoms with Gasteiger partial charge in [0, 0.05) is 5.56 Å². The van der Waals surface area contributed by atoms with Gasteiger partial charge in [0.1, 0.15) is 12.7 Å². The third-order valence-corrected chi connectivity index (χ3v) is 2.73. The van der Waals surface area contributed by atoms with Crippen molar-refractivity contribution in [2.45, 2.75) is 19.4 Å². The maximum atomic E-state index is 8.78. The van der Waals surface area contributed by atoms with Crippen molar-refractivity contribution >= 4 is 23.1 Å². The third kappa shape index (κ3) is 3.57. The number of hydrogen-bond acceptors (Lipinski definition) is 6. The summed E-state index contributed by atoms with van der Waals surface area (Å²) in [5, 5.41) is 19.7. The van der Waals surface area contributed by atoms with Crippen molar-refractivity contribution in [1.82, 2.24) is 0 Å². The van der Waals surface area contributed by atoms with Gasteiger partial charge in [0.05, 0.1) is 11.2 Å². The van der Waals surface area contributed by atoms with Crippen molar-refractivity contribution in [3.63, 3.8) is 0 Å². The Morgan fingerprint density at radius 2 is 2.33 bits per heavy atom. The van der Waals surface area contributed by atoms with Crippen molar-refractivity contribution in [3.05, 3.63) is 29.8 Å². The summed E-state index contributed by atoms with van der Waals surface area (Å²) in [5.41, 5.74) is 9.00. The molecule has 0 fully saturated rings. The summed E-state index contributed by atoms with van der Waals surface area (Å²) in [7, 11) is 0. The van der Waals surface area contributed by atoms with E-state index >= 15 is 0 Å². The van der Waals surface area contributed by atoms with Crippen LogP contribution >= 0.6 is 0 Å². The van der Waals surface area contributed by atoms with Crippen molar-refractivity contribution in [2.75, 3.05) is 12.0 Å². The number of aliphatic imine (C=N–C) groups is 1. The van der Waals surface area contributed by atoms with E-state index in [1.165, 1.54) is 0 Å². The fraction of sp³-hybridized carbons (Fsp3) is 0.286. The van der Waals surface area contributed by atoms with Crippen LogP contribution in [0.5, 0.6) is 0 Å². The summed E-state index contributed by atoms with van der Waals surface area (Å²) < 4.78 is 5.57. The molecule has 2 rings (SSSR count). The number of amidine groups is 1. The van der Waals surface area contributed by atoms with Crippen molar-refractivity contribution < 1.29 is 4.74 Å². The molecule has 7 nitrogen and oxygen atoms in total. The first-order valence-corrected chi connectivity index (χ1v) is 6.32. The highest BCUT2D eigenvalue weighted by Crippen LogP contribution is 2.22. The van der Waals surface area contributed by atoms with E-state index in [-0.39, 0.29) is 17.1 Å². The Labute approximate surface area is 122 Å². The maximum Gasteiger partial charge on any atom is 0.216 e. The van der Waals surface area contributed by atoms with Gasteiger partial charge in [-0.05, 0) is 32.0 Å². The normalized spacial score (nSPS) is 16.6. The van der Waals surface area contributed by atoms with Gasteiger partial charge in [-0.2, -0.15) is 10.4 Å². The highest BCUT2D eigenvalue weighted by atomic mass is 16.5. The molecule has 1 aliphatic heterocycles. The highest BCUT2D eigenvalue weighted by molar-refractivity contribution is 6.45. The van der Waals surface area contributed by atoms with E-state index in [4.69, 9.17) is 21.1 Å². The summed E-state index contributed by atoms with van der Waals surface area (Å²) in [6.07, 6.45) is 0. The molecule has 0 atom stereocenters. The third-order valence-electron chi connectivity index (χ3n) is 2.73. The molecular weight excluding hydrogens is 268 g/mol. The van der Waals surface area contributed by atoms with E-state index < -0.39 is 0 Å². The molecular formula is C14H16N6O. The van der Waals surface area contributed by atoms with Crippen LogP contribution < -0.4 is 11.2 Å². The van der Waals surface area contributed by atoms with Crippen LogP contribution in [0.3, 0.4) is 0 Å². The molecule has 0 bridgehead atoms. The first-order valence-electron chi connectivity index (χ1n) is 6.32. The minimum Gasteiger partial charge on any atom is -0.475 e. The average molecular weight is 284 g/mol. The second-order valence-electron chi connectivity index (χ2n) is 5.20. The van der Waals surface area contributed by atoms with E-state index in [9.17, 15) is 0 Å². The summed E-state index contributed by atoms with van der Waals surface area (Å²) in [4.78, 5) is 4.50. The fourth-order valence-corrected chi connectivity index (χ4v) is 1.72. The molecule has 1 aliphatic rings. The Morgan fingerprint density at radius 3 is 2.90 bits per heavy atom. The monoisotopic (exact) mass is 284 g/mol. The van der Waals surface area contributed by atoms with Gasteiger partial charge in [0.15, 0.2) is 5.84 Å². The van der Waals surface area contributed by atoms with Gasteiger partial charge in [0.25, 0.3) is 0 Å². The number of ether oxygens (including phenoxy) is 1. The second kappa shape index (κ2) is 5.63. The van der Waals surface area contributed by atoms with Crippen LogP contribution in [0.4, 0.5) is 5.69 Å². The number of rotatable bonds is 4. The molecule has 1 aromatic carbocycles. The van der Waals surface area contributed by atoms with Crippen molar-refractivity contribution in [1.29, 1.82) is 10.7 Å². The Balaban J connectivity index is 2.20. The molecule has 4 N–H and O–H groups in total. The number of anilines is 1. The van der Waals surface area contributed by atoms with Crippen LogP contribution in [-0.4, -0.2) is 29.6 Å². The summed E-state index contributed by atoms with van der Waals surface area (Å²) in [6.45, 7) is 4.54. The van der Waals surface area contributed by atoms with E-state index in [0.29, 0.717) is 18.2 Å². The van der Waals surface area contributed by atoms with E-state index in [1.54, 1.807) is 18.2 Å². The molecule has 0 saturated heterocycles. The number of nitriles is 1. The zero-order valence-corrected chi connectivity index (χ0v) is 11.8. The molecule has 0 unspecified atom stereocenters. The average Bonchev–Trinajstić information content (AvgIpc) is 2.80. The standard InChI is InChI=1S/C14H16N6O/c1-14(2)8-21-13(18-14)9-4-3-5-10(6-9)19-20-11(7-15)12(16)17/h3-6,19H,8H2,1-2H3,(H3,16,17)/b20-11+. The second-order valence-corrected chi connectivity index (χ2v) is 5.20. The zero-order valence-electron chi connectivity index (χ0n) is 11.8. The minimum atomic E-state index is -0.383. The number of hydrazone groups is 1. The predicted molar refractivity (Wildman–Crippen MR) is 81.6 cm³/mol. The van der Waals surface area contributed by atoms with Gasteiger partial charge in [0.2, 0.25) is 11.6 Å². The smallest absolute Gasteiger partial charge is 0.216 e. The van der Waals surface area contributed by atoms with E-state index in [2.05, 4.69) is 15.5 Å². The Hall–Kier alpha value is -2.88. The summed E-state index contributed by atoms with van der Waals surface area (Å²) >= 11 is 0. The minimum absolute atomic E-state index is 0.170. The van der Waals surface area contributed by atoms with Gasteiger partial charge in [-0.15, -0.1) is 0 Å². The van der Waals surface area contributed by atoms with Crippen molar-refractivity contribution in [2.24, 2.45) is 15.8 Å². The molecule has 7 heteroatoms. The van der Waals surface area contributed by atoms with Gasteiger partial charge in [-0.1, -0.05) is 6.07 Å². The van der Waals surface area contributed by atoms with E-state index in [0.717, 1.165) is 5.56 Å². The molecule has 0 spiro atoms. The van der Waals surface area contributed by atoms with Gasteiger partial charge < -0.3 is 10.5 Å². The Kier molecular flexibility index (Phi) is 3.89. The first-order chi connectivity index (χ1) is 9.91. The molecule has 21 heavy (non-hydrogen) atoms. The molecule has 0 saturated carbocycles. The lowest BCUT2D eigenvalue weighted by Gasteiger charge is -2.07. The number of nitrogens with one attached hydrogen (secondary N) is 2. The van der Waals surface area contributed by atoms with Crippen LogP contribution in [0.1, 0.15) is 19.4 Å². The SMILES string of the molecule is CC1(C)COC(c2cccc(N/N=C(\C#N)C(=N)N)c2)=N1. The van der Waals surface area contributed by atoms with Crippen LogP contribution in [0.2, 0.25) is 0 Å².